The molecule has 1 N–H and O–H groups in total. The van der Waals surface area contributed by atoms with Crippen molar-refractivity contribution in [3.05, 3.63) is 81.9 Å². The van der Waals surface area contributed by atoms with Gasteiger partial charge in [0.15, 0.2) is 5.65 Å². The number of carbonyl (C=O) groups is 1. The van der Waals surface area contributed by atoms with Crippen LogP contribution in [-0.4, -0.2) is 25.7 Å². The minimum atomic E-state index is -0.303. The number of nitrogens with zero attached hydrogens (tertiary/aromatic N) is 4. The Hall–Kier alpha value is -3.25. The normalized spacial score (nSPS) is 11.0. The van der Waals surface area contributed by atoms with Crippen LogP contribution in [0.2, 0.25) is 5.02 Å². The van der Waals surface area contributed by atoms with Crippen molar-refractivity contribution in [2.45, 2.75) is 27.3 Å². The van der Waals surface area contributed by atoms with Gasteiger partial charge in [0.25, 0.3) is 5.91 Å². The molecule has 0 saturated heterocycles. The lowest BCUT2D eigenvalue weighted by Gasteiger charge is -2.08. The van der Waals surface area contributed by atoms with Crippen LogP contribution in [0, 0.1) is 20.8 Å². The molecule has 4 aromatic rings. The summed E-state index contributed by atoms with van der Waals surface area (Å²) in [5.41, 5.74) is 5.61. The summed E-state index contributed by atoms with van der Waals surface area (Å²) in [4.78, 5) is 21.5. The number of fused-ring (bicyclic) bond motifs is 1. The van der Waals surface area contributed by atoms with Gasteiger partial charge in [0, 0.05) is 24.3 Å². The molecule has 3 aromatic heterocycles. The second kappa shape index (κ2) is 7.64. The molecule has 0 aliphatic carbocycles. The van der Waals surface area contributed by atoms with E-state index in [1.54, 1.807) is 10.9 Å². The van der Waals surface area contributed by atoms with E-state index >= 15 is 0 Å². The van der Waals surface area contributed by atoms with Gasteiger partial charge in [-0.15, -0.1) is 0 Å². The first kappa shape index (κ1) is 19.1. The topological polar surface area (TPSA) is 72.7 Å². The van der Waals surface area contributed by atoms with Gasteiger partial charge in [0.05, 0.1) is 28.2 Å². The third-order valence-electron chi connectivity index (χ3n) is 4.69. The van der Waals surface area contributed by atoms with Gasteiger partial charge in [-0.05, 0) is 44.0 Å². The summed E-state index contributed by atoms with van der Waals surface area (Å²) < 4.78 is 1.79. The molecule has 146 valence electrons. The molecule has 0 radical (unpaired) electrons. The molecule has 0 aliphatic rings. The molecule has 4 rings (SSSR count). The third kappa shape index (κ3) is 3.84. The molecule has 0 spiro atoms. The highest BCUT2D eigenvalue weighted by Gasteiger charge is 2.19. The van der Waals surface area contributed by atoms with E-state index in [1.165, 1.54) is 6.20 Å². The van der Waals surface area contributed by atoms with E-state index in [4.69, 9.17) is 11.6 Å². The van der Waals surface area contributed by atoms with Crippen LogP contribution in [-0.2, 0) is 6.54 Å². The number of nitrogens with one attached hydrogen (secondary N) is 1. The number of pyridine rings is 2. The highest BCUT2D eigenvalue weighted by Crippen LogP contribution is 2.29. The lowest BCUT2D eigenvalue weighted by atomic mass is 10.1. The Bertz CT molecular complexity index is 1210. The Balaban J connectivity index is 1.67. The van der Waals surface area contributed by atoms with E-state index in [9.17, 15) is 4.79 Å². The summed E-state index contributed by atoms with van der Waals surface area (Å²) in [6, 6.07) is 9.64. The Morgan fingerprint density at radius 2 is 1.83 bits per heavy atom. The Morgan fingerprint density at radius 1 is 1.07 bits per heavy atom. The van der Waals surface area contributed by atoms with E-state index < -0.39 is 0 Å². The van der Waals surface area contributed by atoms with Gasteiger partial charge in [0.1, 0.15) is 0 Å². The van der Waals surface area contributed by atoms with Crippen molar-refractivity contribution < 1.29 is 4.79 Å². The SMILES string of the molecule is Cc1ccc(NC(=O)c2cnc3c(c(C)nn3Cc3cncc(C)c3)c2Cl)cc1. The smallest absolute Gasteiger partial charge is 0.258 e. The van der Waals surface area contributed by atoms with Gasteiger partial charge in [-0.3, -0.25) is 9.78 Å². The molecule has 1 amide bonds. The monoisotopic (exact) mass is 405 g/mol. The fourth-order valence-corrected chi connectivity index (χ4v) is 3.61. The summed E-state index contributed by atoms with van der Waals surface area (Å²) in [7, 11) is 0. The average molecular weight is 406 g/mol. The number of rotatable bonds is 4. The first-order valence-corrected chi connectivity index (χ1v) is 9.60. The molecule has 0 aliphatic heterocycles. The number of benzene rings is 1. The Kier molecular flexibility index (Phi) is 5.03. The van der Waals surface area contributed by atoms with Crippen LogP contribution in [0.15, 0.2) is 48.9 Å². The Morgan fingerprint density at radius 3 is 2.55 bits per heavy atom. The summed E-state index contributed by atoms with van der Waals surface area (Å²) in [6.07, 6.45) is 5.12. The predicted octanol–water partition coefficient (Wildman–Crippen LogP) is 4.71. The third-order valence-corrected chi connectivity index (χ3v) is 5.08. The lowest BCUT2D eigenvalue weighted by molar-refractivity contribution is 0.102. The minimum absolute atomic E-state index is 0.303. The maximum Gasteiger partial charge on any atom is 0.258 e. The van der Waals surface area contributed by atoms with Crippen molar-refractivity contribution in [2.75, 3.05) is 5.32 Å². The molecule has 3 heterocycles. The summed E-state index contributed by atoms with van der Waals surface area (Å²) in [6.45, 7) is 6.38. The van der Waals surface area contributed by atoms with Gasteiger partial charge in [-0.25, -0.2) is 9.67 Å². The van der Waals surface area contributed by atoms with Crippen molar-refractivity contribution in [2.24, 2.45) is 0 Å². The van der Waals surface area contributed by atoms with Crippen LogP contribution < -0.4 is 5.32 Å². The zero-order valence-corrected chi connectivity index (χ0v) is 17.2. The fourth-order valence-electron chi connectivity index (χ4n) is 3.26. The molecule has 7 heteroatoms. The van der Waals surface area contributed by atoms with Crippen molar-refractivity contribution in [3.8, 4) is 0 Å². The number of hydrogen-bond donors (Lipinski definition) is 1. The predicted molar refractivity (Wildman–Crippen MR) is 114 cm³/mol. The number of aryl methyl sites for hydroxylation is 3. The fraction of sp³-hybridized carbons (Fsp3) is 0.182. The molecule has 0 atom stereocenters. The number of carbonyl (C=O) groups excluding carboxylic acids is 1. The van der Waals surface area contributed by atoms with Gasteiger partial charge < -0.3 is 5.32 Å². The van der Waals surface area contributed by atoms with Crippen LogP contribution in [0.3, 0.4) is 0 Å². The molecule has 1 aromatic carbocycles. The summed E-state index contributed by atoms with van der Waals surface area (Å²) >= 11 is 6.61. The highest BCUT2D eigenvalue weighted by atomic mass is 35.5. The number of aromatic nitrogens is 4. The van der Waals surface area contributed by atoms with Crippen molar-refractivity contribution in [1.82, 2.24) is 19.7 Å². The number of hydrogen-bond acceptors (Lipinski definition) is 4. The van der Waals surface area contributed by atoms with Crippen LogP contribution in [0.4, 0.5) is 5.69 Å². The Labute approximate surface area is 173 Å². The van der Waals surface area contributed by atoms with E-state index in [-0.39, 0.29) is 5.91 Å². The number of amides is 1. The second-order valence-electron chi connectivity index (χ2n) is 7.12. The minimum Gasteiger partial charge on any atom is -0.322 e. The summed E-state index contributed by atoms with van der Waals surface area (Å²) in [5.74, 6) is -0.303. The highest BCUT2D eigenvalue weighted by molar-refractivity contribution is 6.39. The quantitative estimate of drug-likeness (QED) is 0.533. The number of halogens is 1. The van der Waals surface area contributed by atoms with Crippen LogP contribution >= 0.6 is 11.6 Å². The molecule has 0 saturated carbocycles. The van der Waals surface area contributed by atoms with Gasteiger partial charge in [-0.2, -0.15) is 5.10 Å². The zero-order chi connectivity index (χ0) is 20.5. The van der Waals surface area contributed by atoms with E-state index in [2.05, 4.69) is 26.4 Å². The molecular weight excluding hydrogens is 386 g/mol. The number of anilines is 1. The van der Waals surface area contributed by atoms with Crippen molar-refractivity contribution in [3.63, 3.8) is 0 Å². The lowest BCUT2D eigenvalue weighted by Crippen LogP contribution is -2.13. The second-order valence-corrected chi connectivity index (χ2v) is 7.50. The molecule has 0 bridgehead atoms. The first-order valence-electron chi connectivity index (χ1n) is 9.22. The molecule has 29 heavy (non-hydrogen) atoms. The van der Waals surface area contributed by atoms with Gasteiger partial charge in [0.2, 0.25) is 0 Å². The van der Waals surface area contributed by atoms with Gasteiger partial charge in [-0.1, -0.05) is 35.4 Å². The molecule has 6 nitrogen and oxygen atoms in total. The van der Waals surface area contributed by atoms with E-state index in [0.717, 1.165) is 22.4 Å². The van der Waals surface area contributed by atoms with Gasteiger partial charge >= 0.3 is 0 Å². The van der Waals surface area contributed by atoms with E-state index in [1.807, 2.05) is 51.2 Å². The van der Waals surface area contributed by atoms with Crippen LogP contribution in [0.1, 0.15) is 32.7 Å². The standard InChI is InChI=1S/C22H20ClN5O/c1-13-4-6-17(7-5-13)26-22(29)18-11-25-21-19(20(18)23)15(3)27-28(21)12-16-8-14(2)9-24-10-16/h4-11H,12H2,1-3H3,(H,26,29). The van der Waals surface area contributed by atoms with Crippen LogP contribution in [0.5, 0.6) is 0 Å². The molecular formula is C22H20ClN5O. The van der Waals surface area contributed by atoms with E-state index in [0.29, 0.717) is 33.9 Å². The van der Waals surface area contributed by atoms with Crippen molar-refractivity contribution in [1.29, 1.82) is 0 Å². The molecule has 0 unspecified atom stereocenters. The zero-order valence-electron chi connectivity index (χ0n) is 16.4. The maximum atomic E-state index is 12.7. The maximum absolute atomic E-state index is 12.7. The van der Waals surface area contributed by atoms with Crippen LogP contribution in [0.25, 0.3) is 11.0 Å². The first-order chi connectivity index (χ1) is 13.9. The molecule has 0 fully saturated rings. The largest absolute Gasteiger partial charge is 0.322 e. The summed E-state index contributed by atoms with van der Waals surface area (Å²) in [5, 5.41) is 8.48. The van der Waals surface area contributed by atoms with Crippen molar-refractivity contribution >= 4 is 34.2 Å². The average Bonchev–Trinajstić information content (AvgIpc) is 3.00.